The minimum atomic E-state index is -4.11. The Balaban J connectivity index is 1.98. The van der Waals surface area contributed by atoms with Gasteiger partial charge in [-0.2, -0.15) is 0 Å². The van der Waals surface area contributed by atoms with E-state index >= 15 is 0 Å². The number of sulfonamides is 1. The zero-order chi connectivity index (χ0) is 24.2. The zero-order valence-electron chi connectivity index (χ0n) is 18.3. The third-order valence-corrected chi connectivity index (χ3v) is 7.58. The number of ketones is 1. The Bertz CT molecular complexity index is 1260. The van der Waals surface area contributed by atoms with Crippen molar-refractivity contribution in [1.82, 2.24) is 0 Å². The number of halogens is 2. The van der Waals surface area contributed by atoms with Crippen molar-refractivity contribution in [3.05, 3.63) is 94.8 Å². The van der Waals surface area contributed by atoms with Gasteiger partial charge in [-0.1, -0.05) is 48.9 Å². The number of hydrogen-bond acceptors (Lipinski definition) is 4. The molecule has 0 aliphatic carbocycles. The number of carbonyl (C=O) groups is 1. The van der Waals surface area contributed by atoms with Gasteiger partial charge in [0.25, 0.3) is 10.0 Å². The normalized spacial score (nSPS) is 12.2. The number of Topliss-reactive ketones (excluding diaryl/α,β-unsaturated/α-hetero) is 1. The number of anilines is 1. The van der Waals surface area contributed by atoms with Crippen LogP contribution in [0.4, 0.5) is 10.1 Å². The van der Waals surface area contributed by atoms with Crippen molar-refractivity contribution in [2.45, 2.75) is 31.1 Å². The summed E-state index contributed by atoms with van der Waals surface area (Å²) in [5, 5.41) is 8.92. The van der Waals surface area contributed by atoms with E-state index in [1.165, 1.54) is 42.5 Å². The van der Waals surface area contributed by atoms with Crippen molar-refractivity contribution in [2.75, 3.05) is 10.8 Å². The predicted molar refractivity (Wildman–Crippen MR) is 129 cm³/mol. The van der Waals surface area contributed by atoms with Gasteiger partial charge in [0.15, 0.2) is 5.78 Å². The van der Waals surface area contributed by atoms with Crippen LogP contribution in [0.5, 0.6) is 0 Å². The number of aryl methyl sites for hydroxylation is 1. The molecule has 172 valence electrons. The molecule has 0 radical (unpaired) electrons. The van der Waals surface area contributed by atoms with Crippen LogP contribution in [0.3, 0.4) is 0 Å². The van der Waals surface area contributed by atoms with Crippen LogP contribution in [-0.2, 0) is 14.8 Å². The number of nitrogens with one attached hydrogen (secondary N) is 1. The summed E-state index contributed by atoms with van der Waals surface area (Å²) in [6.45, 7) is 2.95. The summed E-state index contributed by atoms with van der Waals surface area (Å²) >= 11 is 5.97. The molecule has 5 nitrogen and oxygen atoms in total. The Labute approximate surface area is 198 Å². The lowest BCUT2D eigenvalue weighted by Gasteiger charge is -2.26. The second-order valence-electron chi connectivity index (χ2n) is 7.60. The van der Waals surface area contributed by atoms with Crippen LogP contribution < -0.4 is 4.31 Å². The number of carbonyl (C=O) groups excluding carboxylic acids is 1. The summed E-state index contributed by atoms with van der Waals surface area (Å²) in [5.41, 5.74) is 1.19. The summed E-state index contributed by atoms with van der Waals surface area (Å²) in [7, 11) is -4.11. The molecule has 0 aliphatic rings. The van der Waals surface area contributed by atoms with Crippen LogP contribution in [-0.4, -0.2) is 26.5 Å². The lowest BCUT2D eigenvalue weighted by Crippen LogP contribution is -2.39. The largest absolute Gasteiger partial charge is 0.301 e. The van der Waals surface area contributed by atoms with Gasteiger partial charge in [-0.15, -0.1) is 0 Å². The van der Waals surface area contributed by atoms with Crippen LogP contribution in [0, 0.1) is 18.2 Å². The molecular weight excluding hydrogens is 463 g/mol. The highest BCUT2D eigenvalue weighted by Crippen LogP contribution is 2.28. The molecule has 0 amide bonds. The standard InChI is InChI=1S/C25H24ClFN2O3S/c1-3-22(18-8-12-20(27)13-9-18)25(28)23(30)16-29(21-14-10-19(26)11-15-21)33(31,32)24-7-5-4-6-17(24)2/h4-15,22,28H,3,16H2,1-2H3. The molecule has 1 unspecified atom stereocenters. The first-order valence-electron chi connectivity index (χ1n) is 10.4. The van der Waals surface area contributed by atoms with Gasteiger partial charge >= 0.3 is 0 Å². The number of hydrogen-bond donors (Lipinski definition) is 1. The monoisotopic (exact) mass is 486 g/mol. The molecule has 0 aliphatic heterocycles. The summed E-state index contributed by atoms with van der Waals surface area (Å²) in [6, 6.07) is 18.3. The number of rotatable bonds is 9. The first-order valence-corrected chi connectivity index (χ1v) is 12.2. The molecule has 0 spiro atoms. The van der Waals surface area contributed by atoms with Crippen molar-refractivity contribution >= 4 is 38.8 Å². The maximum atomic E-state index is 13.6. The lowest BCUT2D eigenvalue weighted by molar-refractivity contribution is -0.111. The van der Waals surface area contributed by atoms with Gasteiger partial charge in [0.2, 0.25) is 0 Å². The van der Waals surface area contributed by atoms with Gasteiger partial charge in [0, 0.05) is 10.9 Å². The topological polar surface area (TPSA) is 78.3 Å². The van der Waals surface area contributed by atoms with E-state index in [0.29, 0.717) is 22.6 Å². The Hall–Kier alpha value is -3.03. The molecule has 8 heteroatoms. The molecule has 0 bridgehead atoms. The number of nitrogens with zero attached hydrogens (tertiary/aromatic N) is 1. The third kappa shape index (κ3) is 5.49. The first kappa shape index (κ1) is 24.6. The van der Waals surface area contributed by atoms with E-state index in [4.69, 9.17) is 17.0 Å². The average molecular weight is 487 g/mol. The van der Waals surface area contributed by atoms with Crippen molar-refractivity contribution in [2.24, 2.45) is 0 Å². The highest BCUT2D eigenvalue weighted by Gasteiger charge is 2.31. The Morgan fingerprint density at radius 2 is 1.64 bits per heavy atom. The van der Waals surface area contributed by atoms with Gasteiger partial charge in [-0.05, 0) is 66.9 Å². The molecule has 0 heterocycles. The summed E-state index contributed by atoms with van der Waals surface area (Å²) in [6.07, 6.45) is 0.432. The van der Waals surface area contributed by atoms with Crippen LogP contribution >= 0.6 is 11.6 Å². The predicted octanol–water partition coefficient (Wildman–Crippen LogP) is 5.77. The summed E-state index contributed by atoms with van der Waals surface area (Å²) in [4.78, 5) is 13.2. The van der Waals surface area contributed by atoms with Gasteiger partial charge in [-0.3, -0.25) is 9.10 Å². The van der Waals surface area contributed by atoms with E-state index in [0.717, 1.165) is 4.31 Å². The molecule has 3 aromatic rings. The van der Waals surface area contributed by atoms with E-state index in [9.17, 15) is 17.6 Å². The smallest absolute Gasteiger partial charge is 0.265 e. The van der Waals surface area contributed by atoms with Gasteiger partial charge in [0.1, 0.15) is 5.82 Å². The maximum Gasteiger partial charge on any atom is 0.265 e. The van der Waals surface area contributed by atoms with E-state index < -0.39 is 34.1 Å². The Morgan fingerprint density at radius 3 is 2.21 bits per heavy atom. The molecule has 3 aromatic carbocycles. The number of benzene rings is 3. The molecule has 0 saturated heterocycles. The van der Waals surface area contributed by atoms with Crippen molar-refractivity contribution in [3.63, 3.8) is 0 Å². The second-order valence-corrected chi connectivity index (χ2v) is 9.87. The van der Waals surface area contributed by atoms with Crippen molar-refractivity contribution in [3.8, 4) is 0 Å². The molecule has 1 N–H and O–H groups in total. The van der Waals surface area contributed by atoms with Crippen LogP contribution in [0.25, 0.3) is 0 Å². The van der Waals surface area contributed by atoms with Crippen molar-refractivity contribution in [1.29, 1.82) is 5.41 Å². The average Bonchev–Trinajstić information content (AvgIpc) is 2.79. The lowest BCUT2D eigenvalue weighted by atomic mass is 9.89. The van der Waals surface area contributed by atoms with Crippen LogP contribution in [0.2, 0.25) is 5.02 Å². The Morgan fingerprint density at radius 1 is 1.03 bits per heavy atom. The molecule has 3 rings (SSSR count). The molecule has 0 aromatic heterocycles. The first-order chi connectivity index (χ1) is 15.6. The summed E-state index contributed by atoms with van der Waals surface area (Å²) in [5.74, 6) is -1.63. The SMILES string of the molecule is CCC(C(=N)C(=O)CN(c1ccc(Cl)cc1)S(=O)(=O)c1ccccc1C)c1ccc(F)cc1. The van der Waals surface area contributed by atoms with Gasteiger partial charge in [0.05, 0.1) is 22.8 Å². The maximum absolute atomic E-state index is 13.6. The molecular formula is C25H24ClFN2O3S. The fourth-order valence-electron chi connectivity index (χ4n) is 3.60. The molecule has 0 fully saturated rings. The zero-order valence-corrected chi connectivity index (χ0v) is 19.8. The minimum Gasteiger partial charge on any atom is -0.301 e. The fraction of sp³-hybridized carbons (Fsp3) is 0.200. The van der Waals surface area contributed by atoms with E-state index in [1.54, 1.807) is 37.3 Å². The van der Waals surface area contributed by atoms with E-state index in [-0.39, 0.29) is 16.3 Å². The van der Waals surface area contributed by atoms with Crippen molar-refractivity contribution < 1.29 is 17.6 Å². The minimum absolute atomic E-state index is 0.0739. The quantitative estimate of drug-likeness (QED) is 0.390. The third-order valence-electron chi connectivity index (χ3n) is 5.39. The van der Waals surface area contributed by atoms with E-state index in [2.05, 4.69) is 0 Å². The van der Waals surface area contributed by atoms with Gasteiger partial charge in [-0.25, -0.2) is 12.8 Å². The molecule has 1 atom stereocenters. The van der Waals surface area contributed by atoms with E-state index in [1.807, 2.05) is 6.92 Å². The summed E-state index contributed by atoms with van der Waals surface area (Å²) < 4.78 is 41.5. The fourth-order valence-corrected chi connectivity index (χ4v) is 5.37. The van der Waals surface area contributed by atoms with Gasteiger partial charge < -0.3 is 5.41 Å². The molecule has 33 heavy (non-hydrogen) atoms. The second kappa shape index (κ2) is 10.3. The highest BCUT2D eigenvalue weighted by atomic mass is 35.5. The molecule has 0 saturated carbocycles. The van der Waals surface area contributed by atoms with Crippen LogP contribution in [0.1, 0.15) is 30.4 Å². The van der Waals surface area contributed by atoms with Crippen LogP contribution in [0.15, 0.2) is 77.7 Å². The Kier molecular flexibility index (Phi) is 7.66. The highest BCUT2D eigenvalue weighted by molar-refractivity contribution is 7.93.